The van der Waals surface area contributed by atoms with Crippen LogP contribution >= 0.6 is 0 Å². The van der Waals surface area contributed by atoms with Crippen LogP contribution in [0.15, 0.2) is 18.2 Å². The predicted octanol–water partition coefficient (Wildman–Crippen LogP) is 3.36. The summed E-state index contributed by atoms with van der Waals surface area (Å²) >= 11 is 0. The van der Waals surface area contributed by atoms with Crippen LogP contribution in [-0.2, 0) is 6.42 Å². The maximum atomic E-state index is 5.42. The lowest BCUT2D eigenvalue weighted by atomic mass is 9.98. The molecule has 1 rings (SSSR count). The zero-order chi connectivity index (χ0) is 12.7. The van der Waals surface area contributed by atoms with Crippen LogP contribution in [0, 0.1) is 0 Å². The molecule has 2 heteroatoms. The van der Waals surface area contributed by atoms with Crippen LogP contribution in [0.5, 0.6) is 5.75 Å². The van der Waals surface area contributed by atoms with Crippen LogP contribution in [-0.4, -0.2) is 20.7 Å². The fourth-order valence-electron chi connectivity index (χ4n) is 1.97. The number of benzene rings is 1. The number of methoxy groups -OCH3 is 1. The van der Waals surface area contributed by atoms with E-state index in [0.717, 1.165) is 18.7 Å². The van der Waals surface area contributed by atoms with Gasteiger partial charge in [-0.25, -0.2) is 0 Å². The standard InChI is InChI=1S/C15H25NO/c1-12(2)13-8-9-15(17-4)14(11-13)7-5-6-10-16-3/h8-9,11-12,16H,5-7,10H2,1-4H3. The van der Waals surface area contributed by atoms with Gasteiger partial charge in [-0.1, -0.05) is 26.0 Å². The van der Waals surface area contributed by atoms with Crippen molar-refractivity contribution in [2.45, 2.75) is 39.0 Å². The zero-order valence-corrected chi connectivity index (χ0v) is 11.5. The van der Waals surface area contributed by atoms with Crippen molar-refractivity contribution in [2.75, 3.05) is 20.7 Å². The smallest absolute Gasteiger partial charge is 0.122 e. The molecule has 1 N–H and O–H groups in total. The van der Waals surface area contributed by atoms with Crippen LogP contribution in [0.2, 0.25) is 0 Å². The van der Waals surface area contributed by atoms with E-state index in [1.54, 1.807) is 7.11 Å². The van der Waals surface area contributed by atoms with Crippen molar-refractivity contribution < 1.29 is 4.74 Å². The highest BCUT2D eigenvalue weighted by Gasteiger charge is 2.06. The minimum absolute atomic E-state index is 0.581. The molecule has 1 aromatic carbocycles. The molecule has 0 spiro atoms. The topological polar surface area (TPSA) is 21.3 Å². The summed E-state index contributed by atoms with van der Waals surface area (Å²) in [5.74, 6) is 1.61. The van der Waals surface area contributed by atoms with Crippen molar-refractivity contribution in [2.24, 2.45) is 0 Å². The van der Waals surface area contributed by atoms with E-state index < -0.39 is 0 Å². The van der Waals surface area contributed by atoms with Crippen LogP contribution in [0.1, 0.15) is 43.7 Å². The first-order chi connectivity index (χ1) is 8.19. The van der Waals surface area contributed by atoms with Gasteiger partial charge in [-0.15, -0.1) is 0 Å². The first-order valence-electron chi connectivity index (χ1n) is 6.50. The van der Waals surface area contributed by atoms with Crippen LogP contribution in [0.4, 0.5) is 0 Å². The Morgan fingerprint density at radius 1 is 1.24 bits per heavy atom. The van der Waals surface area contributed by atoms with Crippen LogP contribution in [0.3, 0.4) is 0 Å². The normalized spacial score (nSPS) is 10.9. The van der Waals surface area contributed by atoms with E-state index >= 15 is 0 Å². The lowest BCUT2D eigenvalue weighted by Crippen LogP contribution is -2.07. The van der Waals surface area contributed by atoms with E-state index in [9.17, 15) is 0 Å². The Morgan fingerprint density at radius 2 is 2.00 bits per heavy atom. The van der Waals surface area contributed by atoms with Crippen LogP contribution in [0.25, 0.3) is 0 Å². The summed E-state index contributed by atoms with van der Waals surface area (Å²) < 4.78 is 5.42. The van der Waals surface area contributed by atoms with Gasteiger partial charge in [0.25, 0.3) is 0 Å². The minimum Gasteiger partial charge on any atom is -0.496 e. The lowest BCUT2D eigenvalue weighted by molar-refractivity contribution is 0.408. The minimum atomic E-state index is 0.581. The molecule has 0 bridgehead atoms. The van der Waals surface area contributed by atoms with Crippen molar-refractivity contribution >= 4 is 0 Å². The predicted molar refractivity (Wildman–Crippen MR) is 73.9 cm³/mol. The number of ether oxygens (including phenoxy) is 1. The third-order valence-electron chi connectivity index (χ3n) is 3.09. The lowest BCUT2D eigenvalue weighted by Gasteiger charge is -2.12. The summed E-state index contributed by atoms with van der Waals surface area (Å²) in [6.07, 6.45) is 3.52. The summed E-state index contributed by atoms with van der Waals surface area (Å²) in [5.41, 5.74) is 2.74. The Balaban J connectivity index is 2.69. The highest BCUT2D eigenvalue weighted by molar-refractivity contribution is 5.38. The third-order valence-corrected chi connectivity index (χ3v) is 3.09. The summed E-state index contributed by atoms with van der Waals surface area (Å²) in [7, 11) is 3.75. The van der Waals surface area contributed by atoms with Gasteiger partial charge in [0.05, 0.1) is 7.11 Å². The molecule has 96 valence electrons. The van der Waals surface area contributed by atoms with Gasteiger partial charge in [-0.2, -0.15) is 0 Å². The molecule has 0 aliphatic rings. The summed E-state index contributed by atoms with van der Waals surface area (Å²) in [6, 6.07) is 6.56. The summed E-state index contributed by atoms with van der Waals surface area (Å²) in [4.78, 5) is 0. The van der Waals surface area contributed by atoms with Gasteiger partial charge in [-0.05, 0) is 56.0 Å². The van der Waals surface area contributed by atoms with E-state index in [2.05, 4.69) is 37.4 Å². The van der Waals surface area contributed by atoms with E-state index in [0.29, 0.717) is 5.92 Å². The SMILES string of the molecule is CNCCCCc1cc(C(C)C)ccc1OC. The molecule has 0 unspecified atom stereocenters. The molecule has 2 nitrogen and oxygen atoms in total. The third kappa shape index (κ3) is 4.39. The maximum absolute atomic E-state index is 5.42. The number of aryl methyl sites for hydroxylation is 1. The van der Waals surface area contributed by atoms with Crippen molar-refractivity contribution in [1.29, 1.82) is 0 Å². The molecule has 17 heavy (non-hydrogen) atoms. The summed E-state index contributed by atoms with van der Waals surface area (Å²) in [6.45, 7) is 5.55. The van der Waals surface area contributed by atoms with Gasteiger partial charge in [-0.3, -0.25) is 0 Å². The monoisotopic (exact) mass is 235 g/mol. The first kappa shape index (κ1) is 14.0. The average molecular weight is 235 g/mol. The molecule has 0 saturated carbocycles. The molecular weight excluding hydrogens is 210 g/mol. The van der Waals surface area contributed by atoms with E-state index in [4.69, 9.17) is 4.74 Å². The highest BCUT2D eigenvalue weighted by atomic mass is 16.5. The van der Waals surface area contributed by atoms with Gasteiger partial charge in [0.1, 0.15) is 5.75 Å². The fourth-order valence-corrected chi connectivity index (χ4v) is 1.97. The zero-order valence-electron chi connectivity index (χ0n) is 11.5. The largest absolute Gasteiger partial charge is 0.496 e. The van der Waals surface area contributed by atoms with E-state index in [-0.39, 0.29) is 0 Å². The van der Waals surface area contributed by atoms with Gasteiger partial charge in [0.15, 0.2) is 0 Å². The second-order valence-electron chi connectivity index (χ2n) is 4.79. The molecule has 0 saturated heterocycles. The Kier molecular flexibility index (Phi) is 6.06. The first-order valence-corrected chi connectivity index (χ1v) is 6.50. The maximum Gasteiger partial charge on any atom is 0.122 e. The number of rotatable bonds is 7. The second kappa shape index (κ2) is 7.33. The number of hydrogen-bond acceptors (Lipinski definition) is 2. The van der Waals surface area contributed by atoms with E-state index in [1.807, 2.05) is 7.05 Å². The summed E-state index contributed by atoms with van der Waals surface area (Å²) in [5, 5.41) is 3.18. The molecule has 0 radical (unpaired) electrons. The molecule has 0 atom stereocenters. The molecule has 0 aliphatic heterocycles. The van der Waals surface area contributed by atoms with Crippen LogP contribution < -0.4 is 10.1 Å². The molecule has 1 aromatic rings. The van der Waals surface area contributed by atoms with Gasteiger partial charge < -0.3 is 10.1 Å². The van der Waals surface area contributed by atoms with E-state index in [1.165, 1.54) is 24.0 Å². The van der Waals surface area contributed by atoms with Crippen molar-refractivity contribution in [1.82, 2.24) is 5.32 Å². The van der Waals surface area contributed by atoms with Gasteiger partial charge in [0, 0.05) is 0 Å². The molecule has 0 amide bonds. The highest BCUT2D eigenvalue weighted by Crippen LogP contribution is 2.25. The molecule has 0 fully saturated rings. The van der Waals surface area contributed by atoms with Gasteiger partial charge >= 0.3 is 0 Å². The molecular formula is C15H25NO. The Bertz CT molecular complexity index is 334. The number of hydrogen-bond donors (Lipinski definition) is 1. The quantitative estimate of drug-likeness (QED) is 0.732. The Labute approximate surface area is 105 Å². The van der Waals surface area contributed by atoms with Crippen molar-refractivity contribution in [3.63, 3.8) is 0 Å². The number of unbranched alkanes of at least 4 members (excludes halogenated alkanes) is 1. The molecule has 0 aliphatic carbocycles. The van der Waals surface area contributed by atoms with Crippen molar-refractivity contribution in [3.8, 4) is 5.75 Å². The molecule has 0 heterocycles. The Hall–Kier alpha value is -1.02. The second-order valence-corrected chi connectivity index (χ2v) is 4.79. The Morgan fingerprint density at radius 3 is 2.59 bits per heavy atom. The average Bonchev–Trinajstić information content (AvgIpc) is 2.34. The molecule has 0 aromatic heterocycles. The fraction of sp³-hybridized carbons (Fsp3) is 0.600. The van der Waals surface area contributed by atoms with Crippen molar-refractivity contribution in [3.05, 3.63) is 29.3 Å². The number of nitrogens with one attached hydrogen (secondary N) is 1. The van der Waals surface area contributed by atoms with Gasteiger partial charge in [0.2, 0.25) is 0 Å².